The van der Waals surface area contributed by atoms with Crippen molar-refractivity contribution in [3.63, 3.8) is 0 Å². The summed E-state index contributed by atoms with van der Waals surface area (Å²) in [4.78, 5) is 42.7. The van der Waals surface area contributed by atoms with E-state index in [4.69, 9.17) is 17.3 Å². The molecule has 11 heteroatoms. The van der Waals surface area contributed by atoms with Gasteiger partial charge in [-0.25, -0.2) is 0 Å². The number of nitrogens with zero attached hydrogens (tertiary/aromatic N) is 2. The molecule has 1 aromatic rings. The molecule has 10 nitrogen and oxygen atoms in total. The molecular formula is C27H34ClN3O7. The summed E-state index contributed by atoms with van der Waals surface area (Å²) in [6.45, 7) is 7.32. The van der Waals surface area contributed by atoms with Crippen LogP contribution in [0.5, 0.6) is 5.75 Å². The number of fused-ring (bicyclic) bond motifs is 3. The summed E-state index contributed by atoms with van der Waals surface area (Å²) in [6, 6.07) is 0.547. The number of aliphatic hydroxyl groups excluding tert-OH is 2. The van der Waals surface area contributed by atoms with E-state index < -0.39 is 58.0 Å². The highest BCUT2D eigenvalue weighted by molar-refractivity contribution is 6.32. The minimum atomic E-state index is -2.66. The Morgan fingerprint density at radius 2 is 1.87 bits per heavy atom. The fourth-order valence-corrected chi connectivity index (χ4v) is 6.63. The third kappa shape index (κ3) is 3.93. The molecule has 0 radical (unpaired) electrons. The number of hydrogen-bond acceptors (Lipinski definition) is 9. The van der Waals surface area contributed by atoms with Crippen LogP contribution in [0.3, 0.4) is 0 Å². The van der Waals surface area contributed by atoms with Gasteiger partial charge in [-0.1, -0.05) is 18.5 Å². The van der Waals surface area contributed by atoms with E-state index in [0.29, 0.717) is 22.7 Å². The van der Waals surface area contributed by atoms with Crippen LogP contribution in [-0.2, 0) is 27.3 Å². The van der Waals surface area contributed by atoms with E-state index in [2.05, 4.69) is 4.90 Å². The SMILES string of the molecule is CCN(Cc1cc(O)c2c(c1Cl)C[C@H]1C[C@H]3[C@H](N(C)C)C(=O)C(C(N)=O)=C(O)[C@@]3(O)C(=O)C1=C2O)C(C)C. The Bertz CT molecular complexity index is 1300. The summed E-state index contributed by atoms with van der Waals surface area (Å²) in [5, 5.41) is 45.1. The number of nitrogens with two attached hydrogens (primary N) is 1. The predicted molar refractivity (Wildman–Crippen MR) is 140 cm³/mol. The van der Waals surface area contributed by atoms with Gasteiger partial charge in [0.1, 0.15) is 22.8 Å². The summed E-state index contributed by atoms with van der Waals surface area (Å²) >= 11 is 6.81. The molecule has 6 N–H and O–H groups in total. The Balaban J connectivity index is 1.90. The van der Waals surface area contributed by atoms with E-state index in [0.717, 1.165) is 6.54 Å². The molecule has 4 atom stereocenters. The fourth-order valence-electron chi connectivity index (χ4n) is 6.34. The second-order valence-electron chi connectivity index (χ2n) is 10.8. The van der Waals surface area contributed by atoms with Gasteiger partial charge in [0, 0.05) is 29.1 Å². The molecule has 38 heavy (non-hydrogen) atoms. The Morgan fingerprint density at radius 1 is 1.24 bits per heavy atom. The van der Waals surface area contributed by atoms with Crippen LogP contribution in [0, 0.1) is 11.8 Å². The maximum atomic E-state index is 13.8. The molecule has 0 aromatic heterocycles. The molecule has 206 valence electrons. The average Bonchev–Trinajstić information content (AvgIpc) is 2.81. The lowest BCUT2D eigenvalue weighted by Crippen LogP contribution is -2.65. The maximum Gasteiger partial charge on any atom is 0.255 e. The highest BCUT2D eigenvalue weighted by Crippen LogP contribution is 2.53. The summed E-state index contributed by atoms with van der Waals surface area (Å²) in [6.07, 6.45) is 0.169. The molecule has 4 rings (SSSR count). The van der Waals surface area contributed by atoms with Crippen molar-refractivity contribution in [1.29, 1.82) is 0 Å². The Kier molecular flexibility index (Phi) is 7.15. The highest BCUT2D eigenvalue weighted by Gasteiger charge is 2.64. The van der Waals surface area contributed by atoms with Gasteiger partial charge in [-0.15, -0.1) is 0 Å². The van der Waals surface area contributed by atoms with E-state index in [1.165, 1.54) is 11.0 Å². The van der Waals surface area contributed by atoms with Crippen LogP contribution in [-0.4, -0.2) is 86.0 Å². The number of hydrogen-bond donors (Lipinski definition) is 5. The number of phenolic OH excluding ortho intramolecular Hbond substituents is 1. The third-order valence-electron chi connectivity index (χ3n) is 8.24. The fraction of sp³-hybridized carbons (Fsp3) is 0.519. The molecule has 0 saturated heterocycles. The minimum absolute atomic E-state index is 0.0114. The molecule has 0 aliphatic heterocycles. The van der Waals surface area contributed by atoms with Crippen molar-refractivity contribution < 1.29 is 34.8 Å². The molecule has 0 spiro atoms. The number of phenols is 1. The zero-order valence-corrected chi connectivity index (χ0v) is 22.8. The van der Waals surface area contributed by atoms with Crippen LogP contribution >= 0.6 is 11.6 Å². The zero-order chi connectivity index (χ0) is 28.4. The summed E-state index contributed by atoms with van der Waals surface area (Å²) in [5.41, 5.74) is 2.76. The molecule has 0 heterocycles. The topological polar surface area (TPSA) is 165 Å². The van der Waals surface area contributed by atoms with Gasteiger partial charge in [-0.05, 0) is 70.4 Å². The monoisotopic (exact) mass is 547 g/mol. The zero-order valence-electron chi connectivity index (χ0n) is 22.1. The van der Waals surface area contributed by atoms with Gasteiger partial charge < -0.3 is 26.2 Å². The first kappa shape index (κ1) is 28.1. The second-order valence-corrected chi connectivity index (χ2v) is 11.2. The number of rotatable bonds is 6. The number of carbonyl (C=O) groups excluding carboxylic acids is 3. The van der Waals surface area contributed by atoms with Gasteiger partial charge in [-0.3, -0.25) is 24.2 Å². The number of carbonyl (C=O) groups is 3. The molecule has 1 amide bonds. The van der Waals surface area contributed by atoms with E-state index >= 15 is 0 Å². The van der Waals surface area contributed by atoms with Gasteiger partial charge in [-0.2, -0.15) is 0 Å². The van der Waals surface area contributed by atoms with Crippen molar-refractivity contribution in [1.82, 2.24) is 9.80 Å². The number of primary amides is 1. The number of amides is 1. The molecule has 1 fully saturated rings. The van der Waals surface area contributed by atoms with E-state index in [-0.39, 0.29) is 35.8 Å². The molecule has 3 aliphatic rings. The second kappa shape index (κ2) is 9.68. The number of Topliss-reactive ketones (excluding diaryl/α,β-unsaturated/α-hetero) is 2. The van der Waals surface area contributed by atoms with Crippen LogP contribution in [0.2, 0.25) is 5.02 Å². The minimum Gasteiger partial charge on any atom is -0.508 e. The largest absolute Gasteiger partial charge is 0.508 e. The molecule has 1 aromatic carbocycles. The van der Waals surface area contributed by atoms with Gasteiger partial charge in [0.2, 0.25) is 5.78 Å². The van der Waals surface area contributed by atoms with Crippen molar-refractivity contribution in [2.45, 2.75) is 57.8 Å². The normalized spacial score (nSPS) is 27.3. The van der Waals surface area contributed by atoms with Crippen LogP contribution in [0.4, 0.5) is 0 Å². The standard InChI is InChI=1S/C27H34ClN3O7/c1-6-31(11(2)3)10-13-9-16(32)18-14(20(13)28)7-12-8-15-21(30(4)5)23(34)19(26(29)37)25(36)27(15,38)24(35)17(12)22(18)33/h9,11-12,15,21,32-33,36,38H,6-8,10H2,1-5H3,(H2,29,37)/t12-,15-,21-,27-/m0/s1. The molecule has 1 saturated carbocycles. The van der Waals surface area contributed by atoms with Crippen LogP contribution in [0.1, 0.15) is 43.9 Å². The maximum absolute atomic E-state index is 13.8. The Morgan fingerprint density at radius 3 is 2.39 bits per heavy atom. The van der Waals surface area contributed by atoms with Crippen LogP contribution < -0.4 is 5.73 Å². The van der Waals surface area contributed by atoms with Crippen molar-refractivity contribution in [3.05, 3.63) is 44.7 Å². The summed E-state index contributed by atoms with van der Waals surface area (Å²) in [5.74, 6) is -6.84. The van der Waals surface area contributed by atoms with Crippen LogP contribution in [0.15, 0.2) is 23.0 Å². The number of ketones is 2. The Labute approximate surface area is 226 Å². The predicted octanol–water partition coefficient (Wildman–Crippen LogP) is 1.85. The van der Waals surface area contributed by atoms with E-state index in [9.17, 15) is 34.8 Å². The van der Waals surface area contributed by atoms with Gasteiger partial charge in [0.05, 0.1) is 11.6 Å². The lowest BCUT2D eigenvalue weighted by atomic mass is 9.57. The first-order chi connectivity index (χ1) is 17.7. The molecular weight excluding hydrogens is 514 g/mol. The third-order valence-corrected chi connectivity index (χ3v) is 8.71. The highest BCUT2D eigenvalue weighted by atomic mass is 35.5. The van der Waals surface area contributed by atoms with Crippen molar-refractivity contribution in [2.75, 3.05) is 20.6 Å². The number of halogens is 1. The summed E-state index contributed by atoms with van der Waals surface area (Å²) in [7, 11) is 3.12. The number of aliphatic hydroxyl groups is 3. The van der Waals surface area contributed by atoms with E-state index in [1.807, 2.05) is 20.8 Å². The number of likely N-dealkylation sites (N-methyl/N-ethyl adjacent to an activating group) is 1. The average molecular weight is 548 g/mol. The van der Waals surface area contributed by atoms with Gasteiger partial charge in [0.25, 0.3) is 5.91 Å². The van der Waals surface area contributed by atoms with Gasteiger partial charge in [0.15, 0.2) is 11.4 Å². The van der Waals surface area contributed by atoms with Crippen LogP contribution in [0.25, 0.3) is 5.76 Å². The Hall–Kier alpha value is -2.92. The van der Waals surface area contributed by atoms with Crippen molar-refractivity contribution >= 4 is 34.8 Å². The lowest BCUT2D eigenvalue weighted by molar-refractivity contribution is -0.153. The van der Waals surface area contributed by atoms with Crippen molar-refractivity contribution in [3.8, 4) is 5.75 Å². The number of aromatic hydroxyl groups is 1. The first-order valence-electron chi connectivity index (χ1n) is 12.6. The molecule has 0 unspecified atom stereocenters. The molecule has 3 aliphatic carbocycles. The quantitative estimate of drug-likeness (QED) is 0.334. The first-order valence-corrected chi connectivity index (χ1v) is 13.0. The lowest BCUT2D eigenvalue weighted by Gasteiger charge is -2.50. The van der Waals surface area contributed by atoms with Crippen molar-refractivity contribution in [2.24, 2.45) is 17.6 Å². The summed E-state index contributed by atoms with van der Waals surface area (Å²) < 4.78 is 0. The van der Waals surface area contributed by atoms with E-state index in [1.54, 1.807) is 14.1 Å². The number of benzene rings is 1. The molecule has 0 bridgehead atoms. The smallest absolute Gasteiger partial charge is 0.255 e. The van der Waals surface area contributed by atoms with Gasteiger partial charge >= 0.3 is 0 Å².